The Morgan fingerprint density at radius 3 is 1.96 bits per heavy atom. The van der Waals surface area contributed by atoms with E-state index in [-0.39, 0.29) is 5.56 Å². The van der Waals surface area contributed by atoms with Crippen LogP contribution in [-0.2, 0) is 14.0 Å². The highest BCUT2D eigenvalue weighted by atomic mass is 28.4. The first-order valence-electron chi connectivity index (χ1n) is 8.37. The number of alkyl halides is 2. The Hall–Kier alpha value is -1.68. The molecule has 0 saturated heterocycles. The largest absolute Gasteiger partial charge is 0.515 e. The van der Waals surface area contributed by atoms with Crippen molar-refractivity contribution in [2.24, 2.45) is 0 Å². The molecule has 0 radical (unpaired) electrons. The second-order valence-corrected chi connectivity index (χ2v) is 12.6. The van der Waals surface area contributed by atoms with Crippen LogP contribution in [0.4, 0.5) is 8.78 Å². The van der Waals surface area contributed by atoms with Crippen LogP contribution in [0, 0.1) is 0 Å². The number of hydrogen-bond donors (Lipinski definition) is 3. The molecule has 3 atom stereocenters. The maximum atomic E-state index is 14.3. The summed E-state index contributed by atoms with van der Waals surface area (Å²) in [4.78, 5) is 24.0. The quantitative estimate of drug-likeness (QED) is 0.602. The fraction of sp³-hybridized carbons (Fsp3) is 0.556. The van der Waals surface area contributed by atoms with Crippen molar-refractivity contribution in [1.29, 1.82) is 0 Å². The molecule has 0 amide bonds. The van der Waals surface area contributed by atoms with Crippen molar-refractivity contribution in [3.63, 3.8) is 0 Å². The molecule has 0 saturated carbocycles. The van der Waals surface area contributed by atoms with E-state index in [9.17, 15) is 33.7 Å². The SMILES string of the molecule is CC(C)(C)[Si](C)(C)OC(=O)C(F)(F)[C@@H](O)[C@H](O)C(=O)C(O)c1ccccc1. The van der Waals surface area contributed by atoms with Crippen molar-refractivity contribution in [3.05, 3.63) is 35.9 Å². The third kappa shape index (κ3) is 5.19. The molecular weight excluding hydrogens is 378 g/mol. The van der Waals surface area contributed by atoms with Crippen LogP contribution in [0.2, 0.25) is 18.1 Å². The second kappa shape index (κ2) is 8.13. The van der Waals surface area contributed by atoms with E-state index in [1.54, 1.807) is 39.9 Å². The van der Waals surface area contributed by atoms with Gasteiger partial charge in [-0.05, 0) is 23.7 Å². The molecule has 1 aromatic rings. The van der Waals surface area contributed by atoms with Gasteiger partial charge in [-0.15, -0.1) is 0 Å². The van der Waals surface area contributed by atoms with Crippen LogP contribution >= 0.6 is 0 Å². The third-order valence-electron chi connectivity index (χ3n) is 4.77. The third-order valence-corrected chi connectivity index (χ3v) is 9.08. The zero-order valence-electron chi connectivity index (χ0n) is 15.9. The Balaban J connectivity index is 2.96. The van der Waals surface area contributed by atoms with Gasteiger partial charge >= 0.3 is 11.9 Å². The lowest BCUT2D eigenvalue weighted by Crippen LogP contribution is -2.55. The maximum absolute atomic E-state index is 14.3. The summed E-state index contributed by atoms with van der Waals surface area (Å²) in [6, 6.07) is 7.31. The highest BCUT2D eigenvalue weighted by molar-refractivity contribution is 6.75. The fourth-order valence-electron chi connectivity index (χ4n) is 1.89. The first kappa shape index (κ1) is 23.4. The second-order valence-electron chi connectivity index (χ2n) is 7.88. The highest BCUT2D eigenvalue weighted by Crippen LogP contribution is 2.38. The predicted molar refractivity (Wildman–Crippen MR) is 96.7 cm³/mol. The predicted octanol–water partition coefficient (Wildman–Crippen LogP) is 2.19. The number of benzene rings is 1. The monoisotopic (exact) mass is 404 g/mol. The molecule has 9 heteroatoms. The molecule has 1 rings (SSSR count). The Morgan fingerprint density at radius 1 is 1.04 bits per heavy atom. The van der Waals surface area contributed by atoms with E-state index < -0.39 is 49.3 Å². The first-order chi connectivity index (χ1) is 12.1. The van der Waals surface area contributed by atoms with Gasteiger partial charge in [0, 0.05) is 0 Å². The molecule has 27 heavy (non-hydrogen) atoms. The summed E-state index contributed by atoms with van der Waals surface area (Å²) >= 11 is 0. The standard InChI is InChI=1S/C18H26F2O6Si/c1-17(2,3)27(4,5)26-16(25)18(19,20)15(24)14(23)13(22)12(21)11-9-7-6-8-10-11/h6-10,12,14-15,21,23-24H,1-5H3/t12?,14-,15+/m1/s1. The van der Waals surface area contributed by atoms with Gasteiger partial charge in [0.25, 0.3) is 8.32 Å². The van der Waals surface area contributed by atoms with Crippen molar-refractivity contribution in [2.45, 2.75) is 63.1 Å². The molecule has 0 heterocycles. The molecule has 1 unspecified atom stereocenters. The van der Waals surface area contributed by atoms with E-state index in [0.29, 0.717) is 0 Å². The molecular formula is C18H26F2O6Si. The number of hydrogen-bond acceptors (Lipinski definition) is 6. The lowest BCUT2D eigenvalue weighted by molar-refractivity contribution is -0.194. The molecule has 152 valence electrons. The van der Waals surface area contributed by atoms with Crippen LogP contribution in [0.1, 0.15) is 32.4 Å². The van der Waals surface area contributed by atoms with Crippen molar-refractivity contribution >= 4 is 20.1 Å². The Kier molecular flexibility index (Phi) is 7.04. The van der Waals surface area contributed by atoms with Gasteiger partial charge in [0.05, 0.1) is 0 Å². The van der Waals surface area contributed by atoms with Gasteiger partial charge in [-0.2, -0.15) is 8.78 Å². The van der Waals surface area contributed by atoms with Crippen molar-refractivity contribution in [2.75, 3.05) is 0 Å². The van der Waals surface area contributed by atoms with Gasteiger partial charge in [0.2, 0.25) is 0 Å². The van der Waals surface area contributed by atoms with Crippen molar-refractivity contribution in [3.8, 4) is 0 Å². The van der Waals surface area contributed by atoms with Crippen LogP contribution < -0.4 is 0 Å². The highest BCUT2D eigenvalue weighted by Gasteiger charge is 2.56. The minimum Gasteiger partial charge on any atom is -0.515 e. The molecule has 0 aromatic heterocycles. The number of carbonyl (C=O) groups excluding carboxylic acids is 2. The number of Topliss-reactive ketones (excluding diaryl/α,β-unsaturated/α-hetero) is 1. The van der Waals surface area contributed by atoms with E-state index in [0.717, 1.165) is 0 Å². The molecule has 3 N–H and O–H groups in total. The summed E-state index contributed by atoms with van der Waals surface area (Å²) in [6.45, 7) is 8.32. The lowest BCUT2D eigenvalue weighted by atomic mass is 9.96. The van der Waals surface area contributed by atoms with Crippen LogP contribution in [-0.4, -0.2) is 53.5 Å². The Labute approximate surface area is 157 Å². The summed E-state index contributed by atoms with van der Waals surface area (Å²) < 4.78 is 33.6. The molecule has 0 aliphatic rings. The molecule has 0 aliphatic carbocycles. The zero-order chi connectivity index (χ0) is 21.2. The van der Waals surface area contributed by atoms with Gasteiger partial charge < -0.3 is 19.7 Å². The van der Waals surface area contributed by atoms with E-state index in [2.05, 4.69) is 0 Å². The van der Waals surface area contributed by atoms with Crippen LogP contribution in [0.15, 0.2) is 30.3 Å². The number of halogens is 2. The summed E-state index contributed by atoms with van der Waals surface area (Å²) in [5.41, 5.74) is 0.0564. The molecule has 1 aromatic carbocycles. The first-order valence-corrected chi connectivity index (χ1v) is 11.3. The van der Waals surface area contributed by atoms with Crippen LogP contribution in [0.3, 0.4) is 0 Å². The number of rotatable bonds is 7. The van der Waals surface area contributed by atoms with E-state index >= 15 is 0 Å². The minimum absolute atomic E-state index is 0.0564. The number of aliphatic hydroxyl groups is 3. The molecule has 0 spiro atoms. The average Bonchev–Trinajstić information content (AvgIpc) is 2.58. The zero-order valence-corrected chi connectivity index (χ0v) is 16.9. The van der Waals surface area contributed by atoms with Crippen LogP contribution in [0.25, 0.3) is 0 Å². The van der Waals surface area contributed by atoms with Crippen molar-refractivity contribution in [1.82, 2.24) is 0 Å². The average molecular weight is 404 g/mol. The van der Waals surface area contributed by atoms with Crippen molar-refractivity contribution < 1.29 is 38.1 Å². The summed E-state index contributed by atoms with van der Waals surface area (Å²) in [6.07, 6.45) is -7.66. The number of ketones is 1. The minimum atomic E-state index is -4.53. The maximum Gasteiger partial charge on any atom is 0.369 e. The molecule has 0 bridgehead atoms. The Bertz CT molecular complexity index is 672. The fourth-order valence-corrected chi connectivity index (χ4v) is 2.79. The van der Waals surface area contributed by atoms with E-state index in [1.807, 2.05) is 0 Å². The van der Waals surface area contributed by atoms with E-state index in [4.69, 9.17) is 4.43 Å². The lowest BCUT2D eigenvalue weighted by Gasteiger charge is -2.37. The van der Waals surface area contributed by atoms with Crippen LogP contribution in [0.5, 0.6) is 0 Å². The normalized spacial score (nSPS) is 16.4. The molecule has 6 nitrogen and oxygen atoms in total. The topological polar surface area (TPSA) is 104 Å². The van der Waals surface area contributed by atoms with Gasteiger partial charge in [-0.1, -0.05) is 51.1 Å². The van der Waals surface area contributed by atoms with Gasteiger partial charge in [0.15, 0.2) is 11.9 Å². The van der Waals surface area contributed by atoms with Gasteiger partial charge in [-0.25, -0.2) is 4.79 Å². The number of aliphatic hydroxyl groups excluding tert-OH is 3. The van der Waals surface area contributed by atoms with Gasteiger partial charge in [-0.3, -0.25) is 4.79 Å². The number of carbonyl (C=O) groups is 2. The van der Waals surface area contributed by atoms with Gasteiger partial charge in [0.1, 0.15) is 12.2 Å². The Morgan fingerprint density at radius 2 is 1.52 bits per heavy atom. The summed E-state index contributed by atoms with van der Waals surface area (Å²) in [7, 11) is -2.92. The summed E-state index contributed by atoms with van der Waals surface area (Å²) in [5.74, 6) is -7.99. The van der Waals surface area contributed by atoms with E-state index in [1.165, 1.54) is 24.3 Å². The molecule has 0 fully saturated rings. The molecule has 0 aliphatic heterocycles. The summed E-state index contributed by atoms with van der Waals surface area (Å²) in [5, 5.41) is 29.0. The smallest absolute Gasteiger partial charge is 0.369 e.